The second-order valence-corrected chi connectivity index (χ2v) is 5.87. The highest BCUT2D eigenvalue weighted by Crippen LogP contribution is 2.25. The summed E-state index contributed by atoms with van der Waals surface area (Å²) in [5, 5.41) is 11.2. The van der Waals surface area contributed by atoms with Gasteiger partial charge in [0.05, 0.1) is 4.92 Å². The standard InChI is InChI=1S/C16H23N3O3.ClH/c1-3-12-7-8-13(10-15(12)19(21)22)16(20)18-9-5-4-6-14(18)11(2)17;/h7-8,10-11,14H,3-6,9,17H2,1-2H3;1H. The number of nitro benzene ring substituents is 1. The molecule has 1 aliphatic rings. The van der Waals surface area contributed by atoms with Gasteiger partial charge in [-0.2, -0.15) is 0 Å². The van der Waals surface area contributed by atoms with Gasteiger partial charge in [-0.1, -0.05) is 13.0 Å². The zero-order valence-corrected chi connectivity index (χ0v) is 14.3. The molecule has 0 aromatic heterocycles. The molecule has 1 aromatic carbocycles. The van der Waals surface area contributed by atoms with Gasteiger partial charge < -0.3 is 10.6 Å². The zero-order chi connectivity index (χ0) is 16.3. The van der Waals surface area contributed by atoms with E-state index in [-0.39, 0.29) is 36.1 Å². The average molecular weight is 342 g/mol. The number of nitro groups is 1. The number of amides is 1. The molecular weight excluding hydrogens is 318 g/mol. The fraction of sp³-hybridized carbons (Fsp3) is 0.562. The van der Waals surface area contributed by atoms with Crippen molar-refractivity contribution in [2.24, 2.45) is 5.73 Å². The first-order chi connectivity index (χ1) is 10.5. The van der Waals surface area contributed by atoms with Crippen molar-refractivity contribution in [1.82, 2.24) is 4.90 Å². The van der Waals surface area contributed by atoms with E-state index in [1.165, 1.54) is 6.07 Å². The molecule has 2 rings (SSSR count). The van der Waals surface area contributed by atoms with Crippen LogP contribution < -0.4 is 5.73 Å². The summed E-state index contributed by atoms with van der Waals surface area (Å²) < 4.78 is 0. The molecule has 0 saturated carbocycles. The molecule has 6 nitrogen and oxygen atoms in total. The molecule has 2 atom stereocenters. The van der Waals surface area contributed by atoms with E-state index in [1.807, 2.05) is 13.8 Å². The van der Waals surface area contributed by atoms with Gasteiger partial charge in [0.15, 0.2) is 0 Å². The quantitative estimate of drug-likeness (QED) is 0.673. The first kappa shape index (κ1) is 19.4. The number of piperidine rings is 1. The SMILES string of the molecule is CCc1ccc(C(=O)N2CCCCC2C(C)N)cc1[N+](=O)[O-].Cl. The van der Waals surface area contributed by atoms with Crippen molar-refractivity contribution in [2.75, 3.05) is 6.54 Å². The van der Waals surface area contributed by atoms with Crippen LogP contribution in [0, 0.1) is 10.1 Å². The molecule has 0 spiro atoms. The lowest BCUT2D eigenvalue weighted by Gasteiger charge is -2.38. The second kappa shape index (κ2) is 8.26. The molecule has 1 aromatic rings. The minimum absolute atomic E-state index is 0. The van der Waals surface area contributed by atoms with E-state index in [0.717, 1.165) is 19.3 Å². The molecular formula is C16H24ClN3O3. The average Bonchev–Trinajstić information content (AvgIpc) is 2.53. The van der Waals surface area contributed by atoms with E-state index in [1.54, 1.807) is 17.0 Å². The van der Waals surface area contributed by atoms with Crippen molar-refractivity contribution in [3.8, 4) is 0 Å². The Labute approximate surface area is 142 Å². The third-order valence-electron chi connectivity index (χ3n) is 4.33. The lowest BCUT2D eigenvalue weighted by Crippen LogP contribution is -2.51. The molecule has 7 heteroatoms. The molecule has 1 saturated heterocycles. The van der Waals surface area contributed by atoms with Gasteiger partial charge in [0.2, 0.25) is 0 Å². The Kier molecular flexibility index (Phi) is 6.97. The Morgan fingerprint density at radius 3 is 2.74 bits per heavy atom. The fourth-order valence-corrected chi connectivity index (χ4v) is 3.09. The van der Waals surface area contributed by atoms with Gasteiger partial charge in [-0.25, -0.2) is 0 Å². The number of likely N-dealkylation sites (tertiary alicyclic amines) is 1. The number of halogens is 1. The van der Waals surface area contributed by atoms with Gasteiger partial charge in [-0.15, -0.1) is 12.4 Å². The summed E-state index contributed by atoms with van der Waals surface area (Å²) in [6.07, 6.45) is 3.46. The Morgan fingerprint density at radius 1 is 1.48 bits per heavy atom. The van der Waals surface area contributed by atoms with Crippen LogP contribution >= 0.6 is 12.4 Å². The molecule has 23 heavy (non-hydrogen) atoms. The Morgan fingerprint density at radius 2 is 2.17 bits per heavy atom. The molecule has 0 aliphatic carbocycles. The minimum atomic E-state index is -0.422. The van der Waals surface area contributed by atoms with Crippen LogP contribution in [0.2, 0.25) is 0 Å². The number of benzene rings is 1. The fourth-order valence-electron chi connectivity index (χ4n) is 3.09. The van der Waals surface area contributed by atoms with Crippen LogP contribution in [-0.2, 0) is 6.42 Å². The normalized spacial score (nSPS) is 18.9. The smallest absolute Gasteiger partial charge is 0.273 e. The molecule has 0 bridgehead atoms. The van der Waals surface area contributed by atoms with Crippen molar-refractivity contribution in [2.45, 2.75) is 51.6 Å². The largest absolute Gasteiger partial charge is 0.334 e. The molecule has 0 radical (unpaired) electrons. The second-order valence-electron chi connectivity index (χ2n) is 5.87. The topological polar surface area (TPSA) is 89.5 Å². The van der Waals surface area contributed by atoms with Crippen LogP contribution in [0.15, 0.2) is 18.2 Å². The minimum Gasteiger partial charge on any atom is -0.334 e. The number of carbonyl (C=O) groups excluding carboxylic acids is 1. The maximum atomic E-state index is 12.7. The number of hydrogen-bond donors (Lipinski definition) is 1. The van der Waals surface area contributed by atoms with Crippen LogP contribution in [-0.4, -0.2) is 34.4 Å². The number of nitrogens with zero attached hydrogens (tertiary/aromatic N) is 2. The highest BCUT2D eigenvalue weighted by Gasteiger charge is 2.30. The predicted molar refractivity (Wildman–Crippen MR) is 92.0 cm³/mol. The summed E-state index contributed by atoms with van der Waals surface area (Å²) in [7, 11) is 0. The van der Waals surface area contributed by atoms with E-state index < -0.39 is 4.92 Å². The van der Waals surface area contributed by atoms with Crippen LogP contribution in [0.3, 0.4) is 0 Å². The Balaban J connectivity index is 0.00000264. The summed E-state index contributed by atoms with van der Waals surface area (Å²) in [6, 6.07) is 4.66. The molecule has 1 amide bonds. The summed E-state index contributed by atoms with van der Waals surface area (Å²) >= 11 is 0. The Hall–Kier alpha value is -1.66. The summed E-state index contributed by atoms with van der Waals surface area (Å²) in [6.45, 7) is 4.42. The highest BCUT2D eigenvalue weighted by molar-refractivity contribution is 5.95. The first-order valence-corrected chi connectivity index (χ1v) is 7.79. The van der Waals surface area contributed by atoms with Crippen molar-refractivity contribution in [3.63, 3.8) is 0 Å². The van der Waals surface area contributed by atoms with E-state index in [4.69, 9.17) is 5.73 Å². The summed E-state index contributed by atoms with van der Waals surface area (Å²) in [5.41, 5.74) is 7.03. The molecule has 2 N–H and O–H groups in total. The number of carbonyl (C=O) groups is 1. The van der Waals surface area contributed by atoms with Crippen molar-refractivity contribution in [1.29, 1.82) is 0 Å². The van der Waals surface area contributed by atoms with E-state index in [2.05, 4.69) is 0 Å². The van der Waals surface area contributed by atoms with Crippen LogP contribution in [0.1, 0.15) is 49.0 Å². The van der Waals surface area contributed by atoms with Gasteiger partial charge in [-0.05, 0) is 38.7 Å². The molecule has 1 heterocycles. The van der Waals surface area contributed by atoms with Gasteiger partial charge >= 0.3 is 0 Å². The molecule has 1 aliphatic heterocycles. The number of nitrogens with two attached hydrogens (primary N) is 1. The maximum Gasteiger partial charge on any atom is 0.273 e. The zero-order valence-electron chi connectivity index (χ0n) is 13.5. The monoisotopic (exact) mass is 341 g/mol. The van der Waals surface area contributed by atoms with Crippen molar-refractivity contribution in [3.05, 3.63) is 39.4 Å². The van der Waals surface area contributed by atoms with Crippen LogP contribution in [0.4, 0.5) is 5.69 Å². The van der Waals surface area contributed by atoms with Gasteiger partial charge in [0, 0.05) is 35.8 Å². The van der Waals surface area contributed by atoms with Crippen LogP contribution in [0.5, 0.6) is 0 Å². The van der Waals surface area contributed by atoms with Gasteiger partial charge in [-0.3, -0.25) is 14.9 Å². The predicted octanol–water partition coefficient (Wildman–Crippen LogP) is 2.92. The lowest BCUT2D eigenvalue weighted by molar-refractivity contribution is -0.385. The molecule has 1 fully saturated rings. The van der Waals surface area contributed by atoms with Crippen LogP contribution in [0.25, 0.3) is 0 Å². The summed E-state index contributed by atoms with van der Waals surface area (Å²) in [4.78, 5) is 25.3. The number of hydrogen-bond acceptors (Lipinski definition) is 4. The first-order valence-electron chi connectivity index (χ1n) is 7.79. The van der Waals surface area contributed by atoms with Crippen molar-refractivity contribution < 1.29 is 9.72 Å². The summed E-state index contributed by atoms with van der Waals surface area (Å²) in [5.74, 6) is -0.159. The Bertz CT molecular complexity index is 578. The molecule has 128 valence electrons. The highest BCUT2D eigenvalue weighted by atomic mass is 35.5. The maximum absolute atomic E-state index is 12.7. The third-order valence-corrected chi connectivity index (χ3v) is 4.33. The lowest BCUT2D eigenvalue weighted by atomic mass is 9.95. The van der Waals surface area contributed by atoms with Gasteiger partial charge in [0.25, 0.3) is 11.6 Å². The number of aryl methyl sites for hydroxylation is 1. The molecule has 2 unspecified atom stereocenters. The van der Waals surface area contributed by atoms with E-state index in [0.29, 0.717) is 24.1 Å². The third kappa shape index (κ3) is 4.20. The van der Waals surface area contributed by atoms with Crippen molar-refractivity contribution >= 4 is 24.0 Å². The van der Waals surface area contributed by atoms with E-state index >= 15 is 0 Å². The van der Waals surface area contributed by atoms with E-state index in [9.17, 15) is 14.9 Å². The number of rotatable bonds is 4. The van der Waals surface area contributed by atoms with Gasteiger partial charge in [0.1, 0.15) is 0 Å².